The molecule has 0 saturated heterocycles. The molecule has 3 aromatic carbocycles. The van der Waals surface area contributed by atoms with Gasteiger partial charge in [-0.3, -0.25) is 0 Å². The number of anilines is 1. The van der Waals surface area contributed by atoms with Crippen LogP contribution in [0.15, 0.2) is 66.7 Å². The Morgan fingerprint density at radius 3 is 2.18 bits per heavy atom. The first-order valence-corrected chi connectivity index (χ1v) is 9.19. The summed E-state index contributed by atoms with van der Waals surface area (Å²) in [7, 11) is 4.03. The monoisotopic (exact) mass is 370 g/mol. The Morgan fingerprint density at radius 2 is 1.57 bits per heavy atom. The molecule has 0 spiro atoms. The molecule has 0 atom stereocenters. The molecule has 4 rings (SSSR count). The number of aromatic amines is 1. The van der Waals surface area contributed by atoms with Crippen molar-refractivity contribution >= 4 is 22.6 Å². The minimum Gasteiger partial charge on any atom is -0.477 e. The second-order valence-corrected chi connectivity index (χ2v) is 7.15. The Hall–Kier alpha value is -3.53. The molecule has 0 aliphatic rings. The first kappa shape index (κ1) is 17.9. The number of carboxylic acids is 1. The Labute approximate surface area is 164 Å². The summed E-state index contributed by atoms with van der Waals surface area (Å²) in [5.74, 6) is -0.941. The van der Waals surface area contributed by atoms with E-state index in [-0.39, 0.29) is 5.69 Å². The number of fused-ring (bicyclic) bond motifs is 1. The molecule has 1 aromatic heterocycles. The number of benzene rings is 3. The van der Waals surface area contributed by atoms with Gasteiger partial charge in [-0.05, 0) is 52.9 Å². The van der Waals surface area contributed by atoms with Crippen LogP contribution >= 0.6 is 0 Å². The maximum atomic E-state index is 11.7. The van der Waals surface area contributed by atoms with E-state index in [1.165, 1.54) is 0 Å². The van der Waals surface area contributed by atoms with Crippen molar-refractivity contribution in [3.8, 4) is 22.3 Å². The fraction of sp³-hybridized carbons (Fsp3) is 0.125. The van der Waals surface area contributed by atoms with Crippen molar-refractivity contribution in [2.45, 2.75) is 6.92 Å². The Morgan fingerprint density at radius 1 is 0.893 bits per heavy atom. The number of carboxylic acid groups (broad SMARTS) is 1. The molecule has 140 valence electrons. The highest BCUT2D eigenvalue weighted by Gasteiger charge is 2.20. The molecule has 2 N–H and O–H groups in total. The van der Waals surface area contributed by atoms with Crippen molar-refractivity contribution in [1.82, 2.24) is 4.98 Å². The summed E-state index contributed by atoms with van der Waals surface area (Å²) in [6.07, 6.45) is 0. The largest absolute Gasteiger partial charge is 0.477 e. The van der Waals surface area contributed by atoms with Crippen molar-refractivity contribution in [3.05, 3.63) is 78.0 Å². The summed E-state index contributed by atoms with van der Waals surface area (Å²) >= 11 is 0. The van der Waals surface area contributed by atoms with Gasteiger partial charge < -0.3 is 15.0 Å². The fourth-order valence-corrected chi connectivity index (χ4v) is 3.75. The highest BCUT2D eigenvalue weighted by molar-refractivity contribution is 6.08. The van der Waals surface area contributed by atoms with E-state index < -0.39 is 5.97 Å². The van der Waals surface area contributed by atoms with Gasteiger partial charge in [0, 0.05) is 30.7 Å². The summed E-state index contributed by atoms with van der Waals surface area (Å²) in [6.45, 7) is 1.87. The van der Waals surface area contributed by atoms with Crippen LogP contribution in [-0.4, -0.2) is 30.2 Å². The van der Waals surface area contributed by atoms with E-state index in [9.17, 15) is 9.90 Å². The van der Waals surface area contributed by atoms with E-state index in [2.05, 4.69) is 52.3 Å². The van der Waals surface area contributed by atoms with Crippen LogP contribution in [-0.2, 0) is 0 Å². The van der Waals surface area contributed by atoms with E-state index in [0.29, 0.717) is 0 Å². The highest BCUT2D eigenvalue weighted by Crippen LogP contribution is 2.40. The average molecular weight is 370 g/mol. The standard InChI is InChI=1S/C24H22N2O2/c1-15-21-20(25-23(15)24(27)28)14-13-19(16-7-5-4-6-8-16)22(21)17-9-11-18(12-10-17)26(2)3/h4-14,25H,1-3H3,(H,27,28). The van der Waals surface area contributed by atoms with E-state index in [4.69, 9.17) is 0 Å². The molecule has 0 bridgehead atoms. The van der Waals surface area contributed by atoms with Crippen LogP contribution in [0.3, 0.4) is 0 Å². The zero-order valence-electron chi connectivity index (χ0n) is 16.2. The van der Waals surface area contributed by atoms with Crippen molar-refractivity contribution in [1.29, 1.82) is 0 Å². The molecule has 0 amide bonds. The van der Waals surface area contributed by atoms with E-state index in [1.807, 2.05) is 45.3 Å². The van der Waals surface area contributed by atoms with Crippen LogP contribution < -0.4 is 4.90 Å². The van der Waals surface area contributed by atoms with Gasteiger partial charge in [-0.2, -0.15) is 0 Å². The van der Waals surface area contributed by atoms with Crippen LogP contribution in [0.2, 0.25) is 0 Å². The van der Waals surface area contributed by atoms with Crippen LogP contribution in [0.25, 0.3) is 33.2 Å². The molecule has 4 nitrogen and oxygen atoms in total. The van der Waals surface area contributed by atoms with Gasteiger partial charge in [0.1, 0.15) is 5.69 Å². The molecule has 28 heavy (non-hydrogen) atoms. The van der Waals surface area contributed by atoms with Crippen LogP contribution in [0.4, 0.5) is 5.69 Å². The molecule has 0 radical (unpaired) electrons. The molecule has 4 aromatic rings. The second kappa shape index (κ2) is 6.89. The lowest BCUT2D eigenvalue weighted by molar-refractivity contribution is 0.0691. The molecule has 0 aliphatic carbocycles. The summed E-state index contributed by atoms with van der Waals surface area (Å²) in [6, 6.07) is 22.6. The first-order valence-electron chi connectivity index (χ1n) is 9.19. The normalized spacial score (nSPS) is 11.0. The number of aryl methyl sites for hydroxylation is 1. The predicted molar refractivity (Wildman–Crippen MR) is 115 cm³/mol. The van der Waals surface area contributed by atoms with E-state index >= 15 is 0 Å². The molecule has 0 aliphatic heterocycles. The van der Waals surface area contributed by atoms with Crippen LogP contribution in [0.5, 0.6) is 0 Å². The number of nitrogens with one attached hydrogen (secondary N) is 1. The van der Waals surface area contributed by atoms with E-state index in [1.54, 1.807) is 0 Å². The summed E-state index contributed by atoms with van der Waals surface area (Å²) < 4.78 is 0. The minimum absolute atomic E-state index is 0.242. The SMILES string of the molecule is Cc1c(C(=O)O)[nH]c2ccc(-c3ccccc3)c(-c3ccc(N(C)C)cc3)c12. The van der Waals surface area contributed by atoms with Gasteiger partial charge in [-0.15, -0.1) is 0 Å². The third kappa shape index (κ3) is 2.93. The third-order valence-electron chi connectivity index (χ3n) is 5.19. The van der Waals surface area contributed by atoms with Crippen molar-refractivity contribution in [3.63, 3.8) is 0 Å². The zero-order chi connectivity index (χ0) is 19.8. The number of aromatic nitrogens is 1. The van der Waals surface area contributed by atoms with Gasteiger partial charge in [0.05, 0.1) is 0 Å². The van der Waals surface area contributed by atoms with Gasteiger partial charge in [-0.1, -0.05) is 48.5 Å². The molecule has 0 fully saturated rings. The lowest BCUT2D eigenvalue weighted by Crippen LogP contribution is -2.07. The molecule has 1 heterocycles. The third-order valence-corrected chi connectivity index (χ3v) is 5.19. The number of aromatic carboxylic acids is 1. The van der Waals surface area contributed by atoms with Crippen molar-refractivity contribution < 1.29 is 9.90 Å². The number of nitrogens with zero attached hydrogens (tertiary/aromatic N) is 1. The predicted octanol–water partition coefficient (Wildman–Crippen LogP) is 5.57. The van der Waals surface area contributed by atoms with Crippen LogP contribution in [0, 0.1) is 6.92 Å². The number of hydrogen-bond donors (Lipinski definition) is 2. The maximum Gasteiger partial charge on any atom is 0.352 e. The lowest BCUT2D eigenvalue weighted by Gasteiger charge is -2.16. The molecule has 0 unspecified atom stereocenters. The number of rotatable bonds is 4. The number of H-pyrrole nitrogens is 1. The van der Waals surface area contributed by atoms with Gasteiger partial charge in [0.2, 0.25) is 0 Å². The van der Waals surface area contributed by atoms with Crippen molar-refractivity contribution in [2.75, 3.05) is 19.0 Å². The highest BCUT2D eigenvalue weighted by atomic mass is 16.4. The quantitative estimate of drug-likeness (QED) is 0.493. The smallest absolute Gasteiger partial charge is 0.352 e. The molecule has 4 heteroatoms. The fourth-order valence-electron chi connectivity index (χ4n) is 3.75. The van der Waals surface area contributed by atoms with Gasteiger partial charge in [-0.25, -0.2) is 4.79 Å². The van der Waals surface area contributed by atoms with Gasteiger partial charge in [0.25, 0.3) is 0 Å². The Balaban J connectivity index is 2.06. The second-order valence-electron chi connectivity index (χ2n) is 7.15. The summed E-state index contributed by atoms with van der Waals surface area (Å²) in [5.41, 5.74) is 7.26. The summed E-state index contributed by atoms with van der Waals surface area (Å²) in [4.78, 5) is 16.8. The maximum absolute atomic E-state index is 11.7. The zero-order valence-corrected chi connectivity index (χ0v) is 16.2. The molecule has 0 saturated carbocycles. The minimum atomic E-state index is -0.941. The lowest BCUT2D eigenvalue weighted by atomic mass is 9.90. The summed E-state index contributed by atoms with van der Waals surface area (Å²) in [5, 5.41) is 10.5. The Bertz CT molecular complexity index is 1160. The van der Waals surface area contributed by atoms with Gasteiger partial charge in [0.15, 0.2) is 0 Å². The van der Waals surface area contributed by atoms with Gasteiger partial charge >= 0.3 is 5.97 Å². The molecular weight excluding hydrogens is 348 g/mol. The number of carbonyl (C=O) groups is 1. The Kier molecular flexibility index (Phi) is 4.40. The van der Waals surface area contributed by atoms with Crippen molar-refractivity contribution in [2.24, 2.45) is 0 Å². The average Bonchev–Trinajstić information content (AvgIpc) is 3.05. The topological polar surface area (TPSA) is 56.3 Å². The van der Waals surface area contributed by atoms with Crippen LogP contribution in [0.1, 0.15) is 16.1 Å². The van der Waals surface area contributed by atoms with E-state index in [0.717, 1.165) is 44.4 Å². The molecular formula is C24H22N2O2. The number of hydrogen-bond acceptors (Lipinski definition) is 2. The first-order chi connectivity index (χ1) is 13.5.